The molecule has 1 aliphatic rings. The van der Waals surface area contributed by atoms with Crippen molar-refractivity contribution in [2.24, 2.45) is 5.41 Å². The van der Waals surface area contributed by atoms with Crippen molar-refractivity contribution >= 4 is 27.6 Å². The van der Waals surface area contributed by atoms with Crippen LogP contribution < -0.4 is 5.32 Å². The average molecular weight is 312 g/mol. The number of carbonyl (C=O) groups is 1. The summed E-state index contributed by atoms with van der Waals surface area (Å²) in [4.78, 5) is 10.9. The first-order chi connectivity index (χ1) is 8.37. The quantitative estimate of drug-likeness (QED) is 0.882. The third-order valence-corrected chi connectivity index (χ3v) is 4.20. The van der Waals surface area contributed by atoms with E-state index >= 15 is 0 Å². The van der Waals surface area contributed by atoms with Gasteiger partial charge in [-0.05, 0) is 58.8 Å². The summed E-state index contributed by atoms with van der Waals surface area (Å²) in [6, 6.07) is 5.59. The molecule has 1 saturated carbocycles. The Morgan fingerprint density at radius 3 is 2.72 bits per heavy atom. The Morgan fingerprint density at radius 2 is 2.22 bits per heavy atom. The van der Waals surface area contributed by atoms with Crippen LogP contribution in [0.5, 0.6) is 0 Å². The van der Waals surface area contributed by atoms with Crippen LogP contribution in [0.4, 0.5) is 5.69 Å². The van der Waals surface area contributed by atoms with E-state index in [9.17, 15) is 4.79 Å². The van der Waals surface area contributed by atoms with E-state index in [0.717, 1.165) is 16.6 Å². The molecular weight excluding hydrogens is 294 g/mol. The molecule has 0 spiro atoms. The molecule has 0 bridgehead atoms. The number of hydrogen-bond donors (Lipinski definition) is 2. The van der Waals surface area contributed by atoms with Crippen molar-refractivity contribution in [1.82, 2.24) is 0 Å². The lowest BCUT2D eigenvalue weighted by atomic mass is 9.92. The van der Waals surface area contributed by atoms with Gasteiger partial charge < -0.3 is 10.4 Å². The number of carboxylic acid groups (broad SMARTS) is 1. The molecule has 1 atom stereocenters. The van der Waals surface area contributed by atoms with Crippen LogP contribution in [0.15, 0.2) is 22.7 Å². The number of benzene rings is 1. The lowest BCUT2D eigenvalue weighted by Gasteiger charge is -2.19. The van der Waals surface area contributed by atoms with Gasteiger partial charge in [0.2, 0.25) is 0 Å². The van der Waals surface area contributed by atoms with Gasteiger partial charge in [0, 0.05) is 16.2 Å². The number of halogens is 1. The Balaban J connectivity index is 2.09. The predicted molar refractivity (Wildman–Crippen MR) is 76.1 cm³/mol. The summed E-state index contributed by atoms with van der Waals surface area (Å²) in [5.41, 5.74) is 1.69. The summed E-state index contributed by atoms with van der Waals surface area (Å²) in [7, 11) is 0. The Hall–Kier alpha value is -1.03. The van der Waals surface area contributed by atoms with Crippen molar-refractivity contribution in [2.75, 3.05) is 5.32 Å². The number of aromatic carboxylic acids is 1. The van der Waals surface area contributed by atoms with Crippen LogP contribution in [0.1, 0.15) is 43.5 Å². The summed E-state index contributed by atoms with van der Waals surface area (Å²) in [5, 5.41) is 12.4. The molecule has 3 nitrogen and oxygen atoms in total. The van der Waals surface area contributed by atoms with Crippen LogP contribution in [0.3, 0.4) is 0 Å². The minimum absolute atomic E-state index is 0.305. The molecule has 0 radical (unpaired) electrons. The first kappa shape index (κ1) is 13.4. The van der Waals surface area contributed by atoms with Crippen molar-refractivity contribution < 1.29 is 9.90 Å². The molecule has 0 saturated heterocycles. The van der Waals surface area contributed by atoms with E-state index in [1.807, 2.05) is 6.07 Å². The average Bonchev–Trinajstić information content (AvgIpc) is 2.61. The van der Waals surface area contributed by atoms with Crippen LogP contribution in [0.25, 0.3) is 0 Å². The molecule has 18 heavy (non-hydrogen) atoms. The van der Waals surface area contributed by atoms with Gasteiger partial charge in [-0.2, -0.15) is 0 Å². The third-order valence-electron chi connectivity index (χ3n) is 3.54. The summed E-state index contributed by atoms with van der Waals surface area (Å²) < 4.78 is 0.812. The summed E-state index contributed by atoms with van der Waals surface area (Å²) >= 11 is 3.43. The molecule has 0 aliphatic heterocycles. The number of hydrogen-bond acceptors (Lipinski definition) is 2. The normalized spacial score (nSPS) is 21.8. The van der Waals surface area contributed by atoms with Crippen LogP contribution in [-0.4, -0.2) is 17.1 Å². The molecule has 1 aromatic carbocycles. The Morgan fingerprint density at radius 1 is 1.50 bits per heavy atom. The molecule has 0 amide bonds. The first-order valence-corrected chi connectivity index (χ1v) is 6.96. The van der Waals surface area contributed by atoms with Gasteiger partial charge in [0.15, 0.2) is 0 Å². The Kier molecular flexibility index (Phi) is 3.66. The van der Waals surface area contributed by atoms with E-state index in [2.05, 4.69) is 35.1 Å². The smallest absolute Gasteiger partial charge is 0.335 e. The van der Waals surface area contributed by atoms with Crippen LogP contribution in [-0.2, 0) is 0 Å². The van der Waals surface area contributed by atoms with Gasteiger partial charge in [-0.1, -0.05) is 13.8 Å². The molecule has 0 heterocycles. The molecule has 2 N–H and O–H groups in total. The maximum absolute atomic E-state index is 10.9. The molecule has 2 rings (SSSR count). The molecule has 4 heteroatoms. The number of rotatable bonds is 3. The largest absolute Gasteiger partial charge is 0.478 e. The van der Waals surface area contributed by atoms with E-state index < -0.39 is 5.97 Å². The van der Waals surface area contributed by atoms with E-state index in [1.54, 1.807) is 12.1 Å². The van der Waals surface area contributed by atoms with E-state index in [1.165, 1.54) is 12.8 Å². The topological polar surface area (TPSA) is 49.3 Å². The minimum atomic E-state index is -0.899. The second-order valence-electron chi connectivity index (χ2n) is 5.75. The fourth-order valence-corrected chi connectivity index (χ4v) is 3.04. The second-order valence-corrected chi connectivity index (χ2v) is 6.60. The monoisotopic (exact) mass is 311 g/mol. The summed E-state index contributed by atoms with van der Waals surface area (Å²) in [6.07, 6.45) is 3.55. The van der Waals surface area contributed by atoms with Gasteiger partial charge in [-0.25, -0.2) is 4.79 Å². The number of carboxylic acids is 1. The maximum atomic E-state index is 10.9. The highest BCUT2D eigenvalue weighted by atomic mass is 79.9. The molecule has 1 fully saturated rings. The highest BCUT2D eigenvalue weighted by Crippen LogP contribution is 2.39. The molecule has 1 unspecified atom stereocenters. The molecule has 98 valence electrons. The van der Waals surface area contributed by atoms with E-state index in [-0.39, 0.29) is 0 Å². The van der Waals surface area contributed by atoms with Crippen LogP contribution >= 0.6 is 15.9 Å². The van der Waals surface area contributed by atoms with Crippen molar-refractivity contribution in [2.45, 2.75) is 39.2 Å². The van der Waals surface area contributed by atoms with E-state index in [4.69, 9.17) is 5.11 Å². The number of nitrogens with one attached hydrogen (secondary N) is 1. The van der Waals surface area contributed by atoms with Crippen LogP contribution in [0.2, 0.25) is 0 Å². The van der Waals surface area contributed by atoms with Crippen LogP contribution in [0, 0.1) is 5.41 Å². The van der Waals surface area contributed by atoms with Gasteiger partial charge in [-0.3, -0.25) is 0 Å². The van der Waals surface area contributed by atoms with E-state index in [0.29, 0.717) is 17.0 Å². The zero-order valence-electron chi connectivity index (χ0n) is 10.7. The molecular formula is C14H18BrNO2. The molecule has 0 aromatic heterocycles. The zero-order chi connectivity index (χ0) is 13.3. The molecule has 1 aliphatic carbocycles. The lowest BCUT2D eigenvalue weighted by Crippen LogP contribution is -2.17. The molecule has 1 aromatic rings. The third kappa shape index (κ3) is 3.05. The van der Waals surface area contributed by atoms with Crippen molar-refractivity contribution in [1.29, 1.82) is 0 Å². The fraction of sp³-hybridized carbons (Fsp3) is 0.500. The predicted octanol–water partition coefficient (Wildman–Crippen LogP) is 4.14. The van der Waals surface area contributed by atoms with Gasteiger partial charge >= 0.3 is 5.97 Å². The zero-order valence-corrected chi connectivity index (χ0v) is 12.3. The highest BCUT2D eigenvalue weighted by molar-refractivity contribution is 9.10. The SMILES string of the molecule is CC1(C)CCC(Nc2ccc(C(=O)O)cc2Br)C1. The fourth-order valence-electron chi connectivity index (χ4n) is 2.54. The van der Waals surface area contributed by atoms with Gasteiger partial charge in [0.1, 0.15) is 0 Å². The maximum Gasteiger partial charge on any atom is 0.335 e. The minimum Gasteiger partial charge on any atom is -0.478 e. The van der Waals surface area contributed by atoms with Crippen molar-refractivity contribution in [3.8, 4) is 0 Å². The standard InChI is InChI=1S/C14H18BrNO2/c1-14(2)6-5-10(8-14)16-12-4-3-9(13(17)18)7-11(12)15/h3-4,7,10,16H,5-6,8H2,1-2H3,(H,17,18). The first-order valence-electron chi connectivity index (χ1n) is 6.17. The number of anilines is 1. The highest BCUT2D eigenvalue weighted by Gasteiger charge is 2.30. The van der Waals surface area contributed by atoms with Gasteiger partial charge in [0.05, 0.1) is 5.56 Å². The van der Waals surface area contributed by atoms with Crippen molar-refractivity contribution in [3.63, 3.8) is 0 Å². The second kappa shape index (κ2) is 4.92. The Bertz CT molecular complexity index is 471. The van der Waals surface area contributed by atoms with Crippen molar-refractivity contribution in [3.05, 3.63) is 28.2 Å². The lowest BCUT2D eigenvalue weighted by molar-refractivity contribution is 0.0697. The van der Waals surface area contributed by atoms with Gasteiger partial charge in [0.25, 0.3) is 0 Å². The summed E-state index contributed by atoms with van der Waals surface area (Å²) in [5.74, 6) is -0.899. The van der Waals surface area contributed by atoms with Gasteiger partial charge in [-0.15, -0.1) is 0 Å². The Labute approximate surface area is 116 Å². The summed E-state index contributed by atoms with van der Waals surface area (Å²) in [6.45, 7) is 4.58.